The molecule has 2 fully saturated rings. The summed E-state index contributed by atoms with van der Waals surface area (Å²) in [7, 11) is 0. The fourth-order valence-corrected chi connectivity index (χ4v) is 3.52. The molecule has 102 valence electrons. The third kappa shape index (κ3) is 1.88. The SMILES string of the molecule is O=C(N[C@H]1C[C@H]2CC[C@@H]1N2)c1ccnc2ccccc12. The molecule has 4 rings (SSSR count). The van der Waals surface area contributed by atoms with Gasteiger partial charge in [0.25, 0.3) is 5.91 Å². The van der Waals surface area contributed by atoms with Gasteiger partial charge in [-0.3, -0.25) is 9.78 Å². The molecule has 2 aliphatic rings. The zero-order chi connectivity index (χ0) is 13.5. The number of amides is 1. The number of pyridine rings is 1. The third-order valence-electron chi connectivity index (χ3n) is 4.51. The minimum atomic E-state index is 0.0166. The van der Waals surface area contributed by atoms with Crippen LogP contribution < -0.4 is 10.6 Å². The lowest BCUT2D eigenvalue weighted by atomic mass is 9.95. The van der Waals surface area contributed by atoms with Crippen LogP contribution in [0.5, 0.6) is 0 Å². The number of aromatic nitrogens is 1. The fourth-order valence-electron chi connectivity index (χ4n) is 3.52. The molecule has 0 saturated carbocycles. The van der Waals surface area contributed by atoms with Crippen molar-refractivity contribution >= 4 is 16.8 Å². The molecule has 2 bridgehead atoms. The lowest BCUT2D eigenvalue weighted by molar-refractivity contribution is 0.0932. The number of fused-ring (bicyclic) bond motifs is 3. The molecule has 1 aromatic carbocycles. The van der Waals surface area contributed by atoms with Crippen molar-refractivity contribution in [2.24, 2.45) is 0 Å². The monoisotopic (exact) mass is 267 g/mol. The first-order valence-electron chi connectivity index (χ1n) is 7.22. The minimum Gasteiger partial charge on any atom is -0.348 e. The number of nitrogens with one attached hydrogen (secondary N) is 2. The molecular weight excluding hydrogens is 250 g/mol. The van der Waals surface area contributed by atoms with Gasteiger partial charge in [-0.05, 0) is 31.4 Å². The standard InChI is InChI=1S/C16H17N3O/c20-16(19-15-9-10-5-6-14(15)18-10)12-7-8-17-13-4-2-1-3-11(12)13/h1-4,7-8,10,14-15,18H,5-6,9H2,(H,19,20)/t10-,14+,15+/m1/s1. The highest BCUT2D eigenvalue weighted by atomic mass is 16.1. The van der Waals surface area contributed by atoms with E-state index in [2.05, 4.69) is 15.6 Å². The van der Waals surface area contributed by atoms with E-state index in [0.717, 1.165) is 22.9 Å². The van der Waals surface area contributed by atoms with Gasteiger partial charge in [0.2, 0.25) is 0 Å². The molecule has 0 spiro atoms. The summed E-state index contributed by atoms with van der Waals surface area (Å²) in [6, 6.07) is 10.9. The van der Waals surface area contributed by atoms with Crippen LogP contribution in [0.3, 0.4) is 0 Å². The molecule has 0 radical (unpaired) electrons. The van der Waals surface area contributed by atoms with Gasteiger partial charge in [0.05, 0.1) is 11.1 Å². The van der Waals surface area contributed by atoms with Crippen LogP contribution in [0.1, 0.15) is 29.6 Å². The summed E-state index contributed by atoms with van der Waals surface area (Å²) in [5.41, 5.74) is 1.59. The number of para-hydroxylation sites is 1. The zero-order valence-corrected chi connectivity index (χ0v) is 11.2. The van der Waals surface area contributed by atoms with Crippen molar-refractivity contribution in [2.45, 2.75) is 37.4 Å². The topological polar surface area (TPSA) is 54.0 Å². The lowest BCUT2D eigenvalue weighted by Gasteiger charge is -2.21. The van der Waals surface area contributed by atoms with E-state index in [4.69, 9.17) is 0 Å². The van der Waals surface area contributed by atoms with Crippen molar-refractivity contribution in [3.63, 3.8) is 0 Å². The Morgan fingerprint density at radius 2 is 2.15 bits per heavy atom. The van der Waals surface area contributed by atoms with E-state index in [-0.39, 0.29) is 11.9 Å². The molecule has 2 aromatic rings. The average molecular weight is 267 g/mol. The highest BCUT2D eigenvalue weighted by Gasteiger charge is 2.39. The lowest BCUT2D eigenvalue weighted by Crippen LogP contribution is -2.42. The van der Waals surface area contributed by atoms with E-state index in [1.165, 1.54) is 12.8 Å². The van der Waals surface area contributed by atoms with E-state index in [1.807, 2.05) is 24.3 Å². The summed E-state index contributed by atoms with van der Waals surface area (Å²) in [5.74, 6) is 0.0166. The second-order valence-electron chi connectivity index (χ2n) is 5.74. The van der Waals surface area contributed by atoms with Gasteiger partial charge in [0, 0.05) is 29.7 Å². The van der Waals surface area contributed by atoms with Crippen molar-refractivity contribution in [3.8, 4) is 0 Å². The molecule has 3 heterocycles. The highest BCUT2D eigenvalue weighted by Crippen LogP contribution is 2.28. The van der Waals surface area contributed by atoms with Crippen molar-refractivity contribution in [1.82, 2.24) is 15.6 Å². The first-order chi connectivity index (χ1) is 9.81. The molecule has 2 aliphatic heterocycles. The predicted molar refractivity (Wildman–Crippen MR) is 77.6 cm³/mol. The van der Waals surface area contributed by atoms with Crippen molar-refractivity contribution in [2.75, 3.05) is 0 Å². The number of hydrogen-bond donors (Lipinski definition) is 2. The Morgan fingerprint density at radius 1 is 1.25 bits per heavy atom. The van der Waals surface area contributed by atoms with Crippen LogP contribution in [-0.2, 0) is 0 Å². The summed E-state index contributed by atoms with van der Waals surface area (Å²) in [6.07, 6.45) is 5.18. The quantitative estimate of drug-likeness (QED) is 0.873. The smallest absolute Gasteiger partial charge is 0.252 e. The van der Waals surface area contributed by atoms with E-state index in [1.54, 1.807) is 12.3 Å². The number of nitrogens with zero attached hydrogens (tertiary/aromatic N) is 1. The normalized spacial score (nSPS) is 27.9. The summed E-state index contributed by atoms with van der Waals surface area (Å²) < 4.78 is 0. The Morgan fingerprint density at radius 3 is 2.95 bits per heavy atom. The fraction of sp³-hybridized carbons (Fsp3) is 0.375. The maximum absolute atomic E-state index is 12.5. The van der Waals surface area contributed by atoms with Crippen LogP contribution in [0.25, 0.3) is 10.9 Å². The molecule has 1 aromatic heterocycles. The number of hydrogen-bond acceptors (Lipinski definition) is 3. The van der Waals surface area contributed by atoms with Gasteiger partial charge in [-0.15, -0.1) is 0 Å². The molecule has 3 atom stereocenters. The Bertz CT molecular complexity index is 664. The average Bonchev–Trinajstić information content (AvgIpc) is 3.09. The van der Waals surface area contributed by atoms with Crippen molar-refractivity contribution < 1.29 is 4.79 Å². The van der Waals surface area contributed by atoms with Gasteiger partial charge in [0.1, 0.15) is 0 Å². The second kappa shape index (κ2) is 4.56. The minimum absolute atomic E-state index is 0.0166. The Hall–Kier alpha value is -1.94. The Labute approximate surface area is 117 Å². The van der Waals surface area contributed by atoms with Gasteiger partial charge in [-0.2, -0.15) is 0 Å². The van der Waals surface area contributed by atoms with Crippen LogP contribution >= 0.6 is 0 Å². The van der Waals surface area contributed by atoms with Gasteiger partial charge in [-0.1, -0.05) is 18.2 Å². The summed E-state index contributed by atoms with van der Waals surface area (Å²) in [6.45, 7) is 0. The first-order valence-corrected chi connectivity index (χ1v) is 7.22. The number of benzene rings is 1. The van der Waals surface area contributed by atoms with Gasteiger partial charge in [0.15, 0.2) is 0 Å². The molecule has 4 nitrogen and oxygen atoms in total. The van der Waals surface area contributed by atoms with E-state index < -0.39 is 0 Å². The Kier molecular flexibility index (Phi) is 2.70. The Balaban J connectivity index is 1.61. The van der Waals surface area contributed by atoms with Gasteiger partial charge < -0.3 is 10.6 Å². The molecule has 0 aliphatic carbocycles. The second-order valence-corrected chi connectivity index (χ2v) is 5.74. The third-order valence-corrected chi connectivity index (χ3v) is 4.51. The van der Waals surface area contributed by atoms with Gasteiger partial charge in [-0.25, -0.2) is 0 Å². The molecule has 2 saturated heterocycles. The van der Waals surface area contributed by atoms with Crippen LogP contribution in [0.2, 0.25) is 0 Å². The molecule has 2 N–H and O–H groups in total. The largest absolute Gasteiger partial charge is 0.348 e. The zero-order valence-electron chi connectivity index (χ0n) is 11.2. The van der Waals surface area contributed by atoms with Gasteiger partial charge >= 0.3 is 0 Å². The first kappa shape index (κ1) is 11.9. The maximum atomic E-state index is 12.5. The predicted octanol–water partition coefficient (Wildman–Crippen LogP) is 1.86. The van der Waals surface area contributed by atoms with E-state index >= 15 is 0 Å². The summed E-state index contributed by atoms with van der Waals surface area (Å²) in [4.78, 5) is 16.8. The van der Waals surface area contributed by atoms with Crippen LogP contribution in [0.4, 0.5) is 0 Å². The molecular formula is C16H17N3O. The number of carbonyl (C=O) groups excluding carboxylic acids is 1. The number of carbonyl (C=O) groups is 1. The van der Waals surface area contributed by atoms with E-state index in [0.29, 0.717) is 12.1 Å². The van der Waals surface area contributed by atoms with Crippen molar-refractivity contribution in [3.05, 3.63) is 42.1 Å². The van der Waals surface area contributed by atoms with Crippen LogP contribution in [0, 0.1) is 0 Å². The molecule has 20 heavy (non-hydrogen) atoms. The summed E-state index contributed by atoms with van der Waals surface area (Å²) >= 11 is 0. The van der Waals surface area contributed by atoms with Crippen LogP contribution in [0.15, 0.2) is 36.5 Å². The van der Waals surface area contributed by atoms with Crippen LogP contribution in [-0.4, -0.2) is 29.0 Å². The molecule has 4 heteroatoms. The molecule has 1 amide bonds. The highest BCUT2D eigenvalue weighted by molar-refractivity contribution is 6.06. The summed E-state index contributed by atoms with van der Waals surface area (Å²) in [5, 5.41) is 7.65. The maximum Gasteiger partial charge on any atom is 0.252 e. The van der Waals surface area contributed by atoms with E-state index in [9.17, 15) is 4.79 Å². The molecule has 0 unspecified atom stereocenters. The number of rotatable bonds is 2. The van der Waals surface area contributed by atoms with Crippen molar-refractivity contribution in [1.29, 1.82) is 0 Å².